The van der Waals surface area contributed by atoms with E-state index in [1.165, 1.54) is 0 Å². The van der Waals surface area contributed by atoms with Gasteiger partial charge in [0.05, 0.1) is 17.3 Å². The highest BCUT2D eigenvalue weighted by molar-refractivity contribution is 6.28. The normalized spacial score (nSPS) is 14.9. The fourth-order valence-corrected chi connectivity index (χ4v) is 2.08. The predicted octanol–water partition coefficient (Wildman–Crippen LogP) is 1.82. The van der Waals surface area contributed by atoms with E-state index in [0.29, 0.717) is 18.1 Å². The van der Waals surface area contributed by atoms with Crippen molar-refractivity contribution in [2.24, 2.45) is 10.7 Å². The molecule has 0 bridgehead atoms. The van der Waals surface area contributed by atoms with Crippen molar-refractivity contribution in [3.8, 4) is 0 Å². The number of fused-ring (bicyclic) bond motifs is 1. The maximum atomic E-state index is 11.5. The van der Waals surface area contributed by atoms with Gasteiger partial charge in [-0.3, -0.25) is 4.79 Å². The molecule has 1 heterocycles. The number of carbonyl (C=O) groups excluding carboxylic acids is 1. The average Bonchev–Trinajstić information content (AvgIpc) is 2.73. The van der Waals surface area contributed by atoms with Gasteiger partial charge in [0.25, 0.3) is 0 Å². The van der Waals surface area contributed by atoms with Gasteiger partial charge in [-0.15, -0.1) is 11.6 Å². The molecule has 5 heteroatoms. The molecule has 1 aliphatic heterocycles. The smallest absolute Gasteiger partial charge is 0.223 e. The minimum absolute atomic E-state index is 0.0239. The third-order valence-corrected chi connectivity index (χ3v) is 3.03. The van der Waals surface area contributed by atoms with E-state index in [2.05, 4.69) is 4.99 Å². The topological polar surface area (TPSA) is 58.7 Å². The number of nitrogens with zero attached hydrogens (tertiary/aromatic N) is 2. The van der Waals surface area contributed by atoms with Crippen LogP contribution in [0.2, 0.25) is 0 Å². The molecular formula is C12H14ClN3O. The summed E-state index contributed by atoms with van der Waals surface area (Å²) < 4.78 is 0. The molecule has 0 aliphatic carbocycles. The molecule has 1 aromatic carbocycles. The van der Waals surface area contributed by atoms with E-state index in [4.69, 9.17) is 17.3 Å². The molecule has 1 aliphatic rings. The molecule has 2 rings (SSSR count). The fourth-order valence-electron chi connectivity index (χ4n) is 2.02. The molecule has 0 unspecified atom stereocenters. The summed E-state index contributed by atoms with van der Waals surface area (Å²) in [6.07, 6.45) is 0.860. The van der Waals surface area contributed by atoms with Crippen molar-refractivity contribution in [2.45, 2.75) is 13.3 Å². The fraction of sp³-hybridized carbons (Fsp3) is 0.333. The molecule has 0 saturated heterocycles. The van der Waals surface area contributed by atoms with Gasteiger partial charge < -0.3 is 10.6 Å². The van der Waals surface area contributed by atoms with Crippen LogP contribution in [0.5, 0.6) is 0 Å². The van der Waals surface area contributed by atoms with Crippen LogP contribution in [0.4, 0.5) is 11.4 Å². The Morgan fingerprint density at radius 3 is 3.00 bits per heavy atom. The third kappa shape index (κ3) is 2.26. The van der Waals surface area contributed by atoms with Crippen molar-refractivity contribution >= 4 is 34.7 Å². The van der Waals surface area contributed by atoms with Gasteiger partial charge in [-0.2, -0.15) is 0 Å². The summed E-state index contributed by atoms with van der Waals surface area (Å²) in [6.45, 7) is 2.26. The Hall–Kier alpha value is -1.55. The number of nitrogens with two attached hydrogens (primary N) is 1. The lowest BCUT2D eigenvalue weighted by molar-refractivity contribution is -0.116. The van der Waals surface area contributed by atoms with Gasteiger partial charge in [0.2, 0.25) is 5.91 Å². The Bertz CT molecular complexity index is 485. The van der Waals surface area contributed by atoms with Crippen molar-refractivity contribution in [1.29, 1.82) is 0 Å². The zero-order valence-corrected chi connectivity index (χ0v) is 10.4. The Kier molecular flexibility index (Phi) is 3.33. The number of halogens is 1. The number of amidine groups is 1. The van der Waals surface area contributed by atoms with Crippen LogP contribution in [0.1, 0.15) is 12.5 Å². The number of hydrogen-bond donors (Lipinski definition) is 1. The summed E-state index contributed by atoms with van der Waals surface area (Å²) in [7, 11) is 0. The molecule has 0 saturated carbocycles. The summed E-state index contributed by atoms with van der Waals surface area (Å²) in [5, 5.41) is 0. The van der Waals surface area contributed by atoms with E-state index < -0.39 is 0 Å². The molecule has 2 N–H and O–H groups in total. The van der Waals surface area contributed by atoms with Crippen LogP contribution in [-0.2, 0) is 11.2 Å². The van der Waals surface area contributed by atoms with Gasteiger partial charge in [0.15, 0.2) is 0 Å². The summed E-state index contributed by atoms with van der Waals surface area (Å²) in [6, 6.07) is 5.77. The maximum Gasteiger partial charge on any atom is 0.223 e. The van der Waals surface area contributed by atoms with E-state index in [9.17, 15) is 4.79 Å². The number of aliphatic imine (C=N–C) groups is 1. The summed E-state index contributed by atoms with van der Waals surface area (Å²) in [5.41, 5.74) is 8.35. The highest BCUT2D eigenvalue weighted by Crippen LogP contribution is 2.37. The molecular weight excluding hydrogens is 238 g/mol. The van der Waals surface area contributed by atoms with Crippen molar-refractivity contribution in [3.05, 3.63) is 23.8 Å². The van der Waals surface area contributed by atoms with Crippen LogP contribution < -0.4 is 10.6 Å². The molecule has 0 atom stereocenters. The molecule has 1 aromatic rings. The first-order valence-corrected chi connectivity index (χ1v) is 5.96. The van der Waals surface area contributed by atoms with Gasteiger partial charge in [0.1, 0.15) is 5.84 Å². The van der Waals surface area contributed by atoms with Gasteiger partial charge in [-0.25, -0.2) is 4.99 Å². The number of benzene rings is 1. The zero-order chi connectivity index (χ0) is 12.4. The van der Waals surface area contributed by atoms with Crippen LogP contribution in [0.3, 0.4) is 0 Å². The van der Waals surface area contributed by atoms with Crippen molar-refractivity contribution in [1.82, 2.24) is 0 Å². The van der Waals surface area contributed by atoms with E-state index in [1.54, 1.807) is 11.8 Å². The number of anilines is 1. The highest BCUT2D eigenvalue weighted by atomic mass is 35.5. The van der Waals surface area contributed by atoms with Crippen molar-refractivity contribution < 1.29 is 4.79 Å². The first-order valence-electron chi connectivity index (χ1n) is 5.42. The lowest BCUT2D eigenvalue weighted by Gasteiger charge is -2.16. The second-order valence-corrected chi connectivity index (χ2v) is 4.21. The molecule has 0 aromatic heterocycles. The Labute approximate surface area is 105 Å². The summed E-state index contributed by atoms with van der Waals surface area (Å²) >= 11 is 5.62. The standard InChI is InChI=1S/C12H14ClN3O/c1-8(17)16-6-5-9-3-2-4-10(12(9)16)15-11(14)7-13/h2-4H,5-7H2,1H3,(H2,14,15). The largest absolute Gasteiger partial charge is 0.386 e. The van der Waals surface area contributed by atoms with Crippen LogP contribution in [0.15, 0.2) is 23.2 Å². The highest BCUT2D eigenvalue weighted by Gasteiger charge is 2.24. The number of carbonyl (C=O) groups is 1. The van der Waals surface area contributed by atoms with Crippen LogP contribution in [0, 0.1) is 0 Å². The average molecular weight is 252 g/mol. The second kappa shape index (κ2) is 4.75. The van der Waals surface area contributed by atoms with Crippen molar-refractivity contribution in [2.75, 3.05) is 17.3 Å². The summed E-state index contributed by atoms with van der Waals surface area (Å²) in [4.78, 5) is 17.5. The number of rotatable bonds is 2. The number of alkyl halides is 1. The molecule has 4 nitrogen and oxygen atoms in total. The third-order valence-electron chi connectivity index (χ3n) is 2.75. The monoisotopic (exact) mass is 251 g/mol. The number of hydrogen-bond acceptors (Lipinski definition) is 2. The second-order valence-electron chi connectivity index (χ2n) is 3.94. The molecule has 1 amide bonds. The molecule has 0 fully saturated rings. The molecule has 0 radical (unpaired) electrons. The Morgan fingerprint density at radius 1 is 1.59 bits per heavy atom. The molecule has 0 spiro atoms. The minimum atomic E-state index is 0.0239. The van der Waals surface area contributed by atoms with Crippen LogP contribution in [0.25, 0.3) is 0 Å². The molecule has 90 valence electrons. The van der Waals surface area contributed by atoms with Gasteiger partial charge in [0, 0.05) is 13.5 Å². The zero-order valence-electron chi connectivity index (χ0n) is 9.61. The number of amides is 1. The quantitative estimate of drug-likeness (QED) is 0.495. The first kappa shape index (κ1) is 11.9. The lowest BCUT2D eigenvalue weighted by Crippen LogP contribution is -2.26. The van der Waals surface area contributed by atoms with Crippen molar-refractivity contribution in [3.63, 3.8) is 0 Å². The lowest BCUT2D eigenvalue weighted by atomic mass is 10.1. The maximum absolute atomic E-state index is 11.5. The Morgan fingerprint density at radius 2 is 2.35 bits per heavy atom. The first-order chi connectivity index (χ1) is 8.13. The van der Waals surface area contributed by atoms with Crippen LogP contribution in [-0.4, -0.2) is 24.2 Å². The van der Waals surface area contributed by atoms with Crippen LogP contribution >= 0.6 is 11.6 Å². The SMILES string of the molecule is CC(=O)N1CCc2cccc(N=C(N)CCl)c21. The van der Waals surface area contributed by atoms with E-state index in [-0.39, 0.29) is 11.8 Å². The number of para-hydroxylation sites is 1. The van der Waals surface area contributed by atoms with Gasteiger partial charge in [-0.1, -0.05) is 12.1 Å². The van der Waals surface area contributed by atoms with E-state index in [0.717, 1.165) is 17.7 Å². The predicted molar refractivity (Wildman–Crippen MR) is 70.2 cm³/mol. The summed E-state index contributed by atoms with van der Waals surface area (Å²) in [5.74, 6) is 0.565. The van der Waals surface area contributed by atoms with E-state index >= 15 is 0 Å². The van der Waals surface area contributed by atoms with Gasteiger partial charge in [-0.05, 0) is 18.1 Å². The van der Waals surface area contributed by atoms with E-state index in [1.807, 2.05) is 18.2 Å². The Balaban J connectivity index is 2.49. The minimum Gasteiger partial charge on any atom is -0.386 e. The molecule has 17 heavy (non-hydrogen) atoms. The van der Waals surface area contributed by atoms with Gasteiger partial charge >= 0.3 is 0 Å².